The molecule has 1 amide bonds. The zero-order chi connectivity index (χ0) is 17.6. The summed E-state index contributed by atoms with van der Waals surface area (Å²) >= 11 is 12.0. The highest BCUT2D eigenvalue weighted by molar-refractivity contribution is 6.35. The molecular weight excluding hydrogens is 359 g/mol. The Labute approximate surface area is 157 Å². The van der Waals surface area contributed by atoms with Crippen LogP contribution in [0.25, 0.3) is 0 Å². The predicted molar refractivity (Wildman–Crippen MR) is 100 cm³/mol. The monoisotopic (exact) mass is 378 g/mol. The molecule has 7 heteroatoms. The first-order valence-electron chi connectivity index (χ1n) is 8.37. The minimum Gasteiger partial charge on any atom is -0.356 e. The first-order valence-corrected chi connectivity index (χ1v) is 9.12. The highest BCUT2D eigenvalue weighted by Gasteiger charge is 2.25. The average Bonchev–Trinajstić information content (AvgIpc) is 2.64. The number of carbonyl (C=O) groups excluding carboxylic acids is 1. The number of nitrogens with zero attached hydrogens (tertiary/aromatic N) is 3. The van der Waals surface area contributed by atoms with Crippen molar-refractivity contribution in [1.82, 2.24) is 15.3 Å². The molecule has 2 aromatic rings. The highest BCUT2D eigenvalue weighted by Crippen LogP contribution is 2.22. The number of halogens is 2. The fourth-order valence-corrected chi connectivity index (χ4v) is 3.49. The van der Waals surface area contributed by atoms with Gasteiger partial charge in [-0.25, -0.2) is 9.97 Å². The summed E-state index contributed by atoms with van der Waals surface area (Å²) in [5.41, 5.74) is 0.988. The molecule has 5 nitrogen and oxygen atoms in total. The third-order valence-corrected chi connectivity index (χ3v) is 5.00. The second-order valence-corrected chi connectivity index (χ2v) is 6.93. The summed E-state index contributed by atoms with van der Waals surface area (Å²) in [6.45, 7) is 2.17. The number of nitrogens with one attached hydrogen (secondary N) is 1. The lowest BCUT2D eigenvalue weighted by Crippen LogP contribution is -2.41. The van der Waals surface area contributed by atoms with Crippen LogP contribution < -0.4 is 10.2 Å². The van der Waals surface area contributed by atoms with E-state index in [2.05, 4.69) is 20.2 Å². The van der Waals surface area contributed by atoms with Gasteiger partial charge in [0.15, 0.2) is 0 Å². The van der Waals surface area contributed by atoms with Crippen molar-refractivity contribution in [2.75, 3.05) is 24.5 Å². The van der Waals surface area contributed by atoms with Gasteiger partial charge >= 0.3 is 0 Å². The van der Waals surface area contributed by atoms with Gasteiger partial charge in [0.25, 0.3) is 0 Å². The van der Waals surface area contributed by atoms with Crippen molar-refractivity contribution >= 4 is 35.1 Å². The summed E-state index contributed by atoms with van der Waals surface area (Å²) in [6.07, 6.45) is 5.79. The van der Waals surface area contributed by atoms with Gasteiger partial charge in [-0.15, -0.1) is 0 Å². The SMILES string of the molecule is O=C(NCCc1ccc(Cl)cc1Cl)C1CCN(c2ncccn2)CC1. The summed E-state index contributed by atoms with van der Waals surface area (Å²) in [7, 11) is 0. The fraction of sp³-hybridized carbons (Fsp3) is 0.389. The Balaban J connectivity index is 1.43. The van der Waals surface area contributed by atoms with E-state index < -0.39 is 0 Å². The van der Waals surface area contributed by atoms with E-state index >= 15 is 0 Å². The zero-order valence-corrected chi connectivity index (χ0v) is 15.3. The smallest absolute Gasteiger partial charge is 0.225 e. The number of hydrogen-bond acceptors (Lipinski definition) is 4. The minimum atomic E-state index is 0.0423. The van der Waals surface area contributed by atoms with Crippen LogP contribution >= 0.6 is 23.2 Å². The molecule has 0 bridgehead atoms. The molecule has 0 saturated carbocycles. The number of benzene rings is 1. The van der Waals surface area contributed by atoms with Crippen molar-refractivity contribution in [3.8, 4) is 0 Å². The molecule has 25 heavy (non-hydrogen) atoms. The van der Waals surface area contributed by atoms with Crippen LogP contribution in [0.1, 0.15) is 18.4 Å². The van der Waals surface area contributed by atoms with Crippen molar-refractivity contribution < 1.29 is 4.79 Å². The molecule has 0 unspecified atom stereocenters. The zero-order valence-electron chi connectivity index (χ0n) is 13.8. The van der Waals surface area contributed by atoms with Crippen LogP contribution in [0.15, 0.2) is 36.7 Å². The van der Waals surface area contributed by atoms with Crippen LogP contribution in [0.3, 0.4) is 0 Å². The molecule has 3 rings (SSSR count). The van der Waals surface area contributed by atoms with Crippen molar-refractivity contribution in [1.29, 1.82) is 0 Å². The first kappa shape index (κ1) is 18.0. The first-order chi connectivity index (χ1) is 12.1. The second kappa shape index (κ2) is 8.50. The van der Waals surface area contributed by atoms with Gasteiger partial charge in [-0.05, 0) is 43.0 Å². The number of aromatic nitrogens is 2. The summed E-state index contributed by atoms with van der Waals surface area (Å²) in [5.74, 6) is 0.887. The van der Waals surface area contributed by atoms with Crippen molar-refractivity contribution in [2.45, 2.75) is 19.3 Å². The topological polar surface area (TPSA) is 58.1 Å². The lowest BCUT2D eigenvalue weighted by atomic mass is 9.96. The van der Waals surface area contributed by atoms with Crippen LogP contribution in [-0.4, -0.2) is 35.5 Å². The van der Waals surface area contributed by atoms with Crippen LogP contribution in [0.4, 0.5) is 5.95 Å². The van der Waals surface area contributed by atoms with Gasteiger partial charge in [-0.3, -0.25) is 4.79 Å². The summed E-state index contributed by atoms with van der Waals surface area (Å²) in [4.78, 5) is 23.0. The molecule has 1 fully saturated rings. The van der Waals surface area contributed by atoms with Crippen LogP contribution in [0.5, 0.6) is 0 Å². The Kier molecular flexibility index (Phi) is 6.10. The number of piperidine rings is 1. The molecule has 1 aromatic carbocycles. The summed E-state index contributed by atoms with van der Waals surface area (Å²) in [6, 6.07) is 7.24. The van der Waals surface area contributed by atoms with Crippen LogP contribution in [-0.2, 0) is 11.2 Å². The largest absolute Gasteiger partial charge is 0.356 e. The molecule has 0 radical (unpaired) electrons. The van der Waals surface area contributed by atoms with Crippen molar-refractivity contribution in [2.24, 2.45) is 5.92 Å². The van der Waals surface area contributed by atoms with Crippen molar-refractivity contribution in [3.05, 3.63) is 52.3 Å². The number of carbonyl (C=O) groups is 1. The van der Waals surface area contributed by atoms with E-state index in [0.29, 0.717) is 23.0 Å². The lowest BCUT2D eigenvalue weighted by molar-refractivity contribution is -0.125. The van der Waals surface area contributed by atoms with E-state index in [-0.39, 0.29) is 11.8 Å². The number of amides is 1. The fourth-order valence-electron chi connectivity index (χ4n) is 2.99. The predicted octanol–water partition coefficient (Wildman–Crippen LogP) is 3.36. The second-order valence-electron chi connectivity index (χ2n) is 6.09. The third-order valence-electron chi connectivity index (χ3n) is 4.41. The van der Waals surface area contributed by atoms with E-state index in [1.165, 1.54) is 0 Å². The maximum Gasteiger partial charge on any atom is 0.225 e. The molecule has 2 heterocycles. The van der Waals surface area contributed by atoms with Gasteiger partial charge in [-0.1, -0.05) is 29.3 Å². The molecule has 1 aliphatic heterocycles. The maximum absolute atomic E-state index is 12.4. The Hall–Kier alpha value is -1.85. The molecule has 1 saturated heterocycles. The van der Waals surface area contributed by atoms with E-state index in [4.69, 9.17) is 23.2 Å². The Morgan fingerprint density at radius 3 is 2.60 bits per heavy atom. The molecule has 0 atom stereocenters. The lowest BCUT2D eigenvalue weighted by Gasteiger charge is -2.31. The van der Waals surface area contributed by atoms with E-state index in [0.717, 1.165) is 37.4 Å². The standard InChI is InChI=1S/C18H20Cl2N4O/c19-15-3-2-13(16(20)12-15)4-9-21-17(25)14-5-10-24(11-6-14)18-22-7-1-8-23-18/h1-3,7-8,12,14H,4-6,9-11H2,(H,21,25). The molecule has 1 aromatic heterocycles. The van der Waals surface area contributed by atoms with Crippen LogP contribution in [0.2, 0.25) is 10.0 Å². The molecule has 1 N–H and O–H groups in total. The van der Waals surface area contributed by atoms with Gasteiger partial charge in [0, 0.05) is 48.0 Å². The number of anilines is 1. The molecule has 0 spiro atoms. The number of rotatable bonds is 5. The molecule has 1 aliphatic rings. The number of hydrogen-bond donors (Lipinski definition) is 1. The van der Waals surface area contributed by atoms with Gasteiger partial charge in [-0.2, -0.15) is 0 Å². The summed E-state index contributed by atoms with van der Waals surface area (Å²) < 4.78 is 0. The quantitative estimate of drug-likeness (QED) is 0.866. The Morgan fingerprint density at radius 1 is 1.20 bits per heavy atom. The summed E-state index contributed by atoms with van der Waals surface area (Å²) in [5, 5.41) is 4.27. The van der Waals surface area contributed by atoms with Crippen molar-refractivity contribution in [3.63, 3.8) is 0 Å². The van der Waals surface area contributed by atoms with Crippen LogP contribution in [0, 0.1) is 5.92 Å². The van der Waals surface area contributed by atoms with E-state index in [1.54, 1.807) is 24.5 Å². The van der Waals surface area contributed by atoms with E-state index in [1.807, 2.05) is 12.1 Å². The average molecular weight is 379 g/mol. The highest BCUT2D eigenvalue weighted by atomic mass is 35.5. The molecule has 132 valence electrons. The third kappa shape index (κ3) is 4.83. The Bertz CT molecular complexity index is 718. The Morgan fingerprint density at radius 2 is 1.92 bits per heavy atom. The van der Waals surface area contributed by atoms with Gasteiger partial charge in [0.2, 0.25) is 11.9 Å². The maximum atomic E-state index is 12.4. The van der Waals surface area contributed by atoms with Gasteiger partial charge in [0.1, 0.15) is 0 Å². The van der Waals surface area contributed by atoms with E-state index in [9.17, 15) is 4.79 Å². The van der Waals surface area contributed by atoms with Gasteiger partial charge in [0.05, 0.1) is 0 Å². The molecule has 0 aliphatic carbocycles. The minimum absolute atomic E-state index is 0.0423. The normalized spacial score (nSPS) is 15.2. The molecular formula is C18H20Cl2N4O. The van der Waals surface area contributed by atoms with Gasteiger partial charge < -0.3 is 10.2 Å².